The fraction of sp³-hybridized carbons (Fsp3) is 0.188. The summed E-state index contributed by atoms with van der Waals surface area (Å²) in [5.41, 5.74) is 6.67. The van der Waals surface area contributed by atoms with Crippen LogP contribution in [0.4, 0.5) is 11.4 Å². The summed E-state index contributed by atoms with van der Waals surface area (Å²) in [5.74, 6) is 5.29. The third-order valence-electron chi connectivity index (χ3n) is 3.22. The van der Waals surface area contributed by atoms with E-state index in [0.717, 1.165) is 23.2 Å². The lowest BCUT2D eigenvalue weighted by Gasteiger charge is -2.12. The number of nitrogen functional groups attached to an aromatic ring is 1. The van der Waals surface area contributed by atoms with Crippen LogP contribution >= 0.6 is 0 Å². The van der Waals surface area contributed by atoms with Gasteiger partial charge in [0.2, 0.25) is 0 Å². The lowest BCUT2D eigenvalue weighted by Crippen LogP contribution is -2.18. The Morgan fingerprint density at radius 3 is 2.60 bits per heavy atom. The minimum atomic E-state index is -0.164. The van der Waals surface area contributed by atoms with Gasteiger partial charge < -0.3 is 10.7 Å². The zero-order chi connectivity index (χ0) is 14.5. The standard InChI is InChI=1S/C16H19N3O/c1-3-12-6-4-5-7-14(12)18-16(20)13-10-11(2)8-9-15(13)19-17/h4-10,19H,3,17H2,1-2H3,(H,18,20). The third kappa shape index (κ3) is 2.97. The maximum Gasteiger partial charge on any atom is 0.257 e. The molecule has 4 heteroatoms. The van der Waals surface area contributed by atoms with Crippen molar-refractivity contribution in [2.24, 2.45) is 5.84 Å². The van der Waals surface area contributed by atoms with Crippen LogP contribution in [0.1, 0.15) is 28.4 Å². The molecule has 104 valence electrons. The number of anilines is 2. The van der Waals surface area contributed by atoms with Gasteiger partial charge in [-0.15, -0.1) is 0 Å². The molecular weight excluding hydrogens is 250 g/mol. The highest BCUT2D eigenvalue weighted by Crippen LogP contribution is 2.20. The molecule has 2 aromatic rings. The molecule has 0 saturated carbocycles. The molecular formula is C16H19N3O. The first kappa shape index (κ1) is 14.1. The number of para-hydroxylation sites is 1. The molecule has 0 fully saturated rings. The van der Waals surface area contributed by atoms with E-state index in [9.17, 15) is 4.79 Å². The van der Waals surface area contributed by atoms with E-state index in [0.29, 0.717) is 11.3 Å². The largest absolute Gasteiger partial charge is 0.323 e. The number of nitrogens with one attached hydrogen (secondary N) is 2. The van der Waals surface area contributed by atoms with E-state index < -0.39 is 0 Å². The van der Waals surface area contributed by atoms with Gasteiger partial charge in [-0.1, -0.05) is 36.8 Å². The first-order valence-electron chi connectivity index (χ1n) is 6.62. The van der Waals surface area contributed by atoms with Crippen molar-refractivity contribution in [1.29, 1.82) is 0 Å². The summed E-state index contributed by atoms with van der Waals surface area (Å²) in [5, 5.41) is 2.95. The minimum Gasteiger partial charge on any atom is -0.323 e. The van der Waals surface area contributed by atoms with Crippen molar-refractivity contribution in [2.45, 2.75) is 20.3 Å². The molecule has 0 aliphatic heterocycles. The highest BCUT2D eigenvalue weighted by Gasteiger charge is 2.12. The summed E-state index contributed by atoms with van der Waals surface area (Å²) >= 11 is 0. The number of aryl methyl sites for hydroxylation is 2. The van der Waals surface area contributed by atoms with Crippen LogP contribution in [0, 0.1) is 6.92 Å². The van der Waals surface area contributed by atoms with Crippen LogP contribution in [-0.2, 0) is 6.42 Å². The predicted molar refractivity (Wildman–Crippen MR) is 82.8 cm³/mol. The number of rotatable bonds is 4. The molecule has 0 aromatic heterocycles. The first-order valence-corrected chi connectivity index (χ1v) is 6.62. The van der Waals surface area contributed by atoms with E-state index in [2.05, 4.69) is 17.7 Å². The van der Waals surface area contributed by atoms with E-state index in [1.807, 2.05) is 43.3 Å². The Bertz CT molecular complexity index is 623. The van der Waals surface area contributed by atoms with Gasteiger partial charge in [-0.3, -0.25) is 10.6 Å². The average Bonchev–Trinajstić information content (AvgIpc) is 2.47. The van der Waals surface area contributed by atoms with Crippen molar-refractivity contribution in [3.05, 3.63) is 59.2 Å². The molecule has 4 nitrogen and oxygen atoms in total. The summed E-state index contributed by atoms with van der Waals surface area (Å²) in [6, 6.07) is 13.3. The Morgan fingerprint density at radius 1 is 1.15 bits per heavy atom. The van der Waals surface area contributed by atoms with Crippen LogP contribution < -0.4 is 16.6 Å². The van der Waals surface area contributed by atoms with Gasteiger partial charge in [0.15, 0.2) is 0 Å². The molecule has 0 spiro atoms. The number of carbonyl (C=O) groups is 1. The molecule has 0 bridgehead atoms. The quantitative estimate of drug-likeness (QED) is 0.590. The fourth-order valence-electron chi connectivity index (χ4n) is 2.11. The van der Waals surface area contributed by atoms with Crippen LogP contribution in [0.25, 0.3) is 0 Å². The monoisotopic (exact) mass is 269 g/mol. The Labute approximate surface area is 119 Å². The molecule has 2 rings (SSSR count). The van der Waals surface area contributed by atoms with Gasteiger partial charge in [0, 0.05) is 5.69 Å². The molecule has 1 amide bonds. The van der Waals surface area contributed by atoms with Crippen molar-refractivity contribution in [2.75, 3.05) is 10.7 Å². The molecule has 0 unspecified atom stereocenters. The molecule has 0 radical (unpaired) electrons. The maximum absolute atomic E-state index is 12.4. The molecule has 0 heterocycles. The molecule has 0 saturated heterocycles. The lowest BCUT2D eigenvalue weighted by molar-refractivity contribution is 0.102. The molecule has 0 atom stereocenters. The van der Waals surface area contributed by atoms with Crippen LogP contribution in [0.2, 0.25) is 0 Å². The van der Waals surface area contributed by atoms with Gasteiger partial charge in [-0.05, 0) is 37.1 Å². The van der Waals surface area contributed by atoms with Crippen molar-refractivity contribution >= 4 is 17.3 Å². The Balaban J connectivity index is 2.30. The zero-order valence-electron chi connectivity index (χ0n) is 11.7. The summed E-state index contributed by atoms with van der Waals surface area (Å²) in [4.78, 5) is 12.4. The van der Waals surface area contributed by atoms with E-state index in [1.165, 1.54) is 0 Å². The lowest BCUT2D eigenvalue weighted by atomic mass is 10.1. The number of amides is 1. The second kappa shape index (κ2) is 6.21. The third-order valence-corrected chi connectivity index (χ3v) is 3.22. The van der Waals surface area contributed by atoms with E-state index in [-0.39, 0.29) is 5.91 Å². The number of hydrazine groups is 1. The molecule has 0 aliphatic carbocycles. The van der Waals surface area contributed by atoms with Crippen molar-refractivity contribution in [1.82, 2.24) is 0 Å². The summed E-state index contributed by atoms with van der Waals surface area (Å²) in [7, 11) is 0. The Morgan fingerprint density at radius 2 is 1.90 bits per heavy atom. The summed E-state index contributed by atoms with van der Waals surface area (Å²) in [6.07, 6.45) is 0.867. The topological polar surface area (TPSA) is 67.2 Å². The van der Waals surface area contributed by atoms with Crippen molar-refractivity contribution in [3.8, 4) is 0 Å². The highest BCUT2D eigenvalue weighted by atomic mass is 16.1. The first-order chi connectivity index (χ1) is 9.65. The Kier molecular flexibility index (Phi) is 4.38. The van der Waals surface area contributed by atoms with Crippen molar-refractivity contribution in [3.63, 3.8) is 0 Å². The second-order valence-electron chi connectivity index (χ2n) is 4.66. The van der Waals surface area contributed by atoms with Crippen LogP contribution in [0.15, 0.2) is 42.5 Å². The average molecular weight is 269 g/mol. The van der Waals surface area contributed by atoms with Crippen molar-refractivity contribution < 1.29 is 4.79 Å². The molecule has 2 aromatic carbocycles. The van der Waals surface area contributed by atoms with E-state index in [4.69, 9.17) is 5.84 Å². The number of hydrogen-bond acceptors (Lipinski definition) is 3. The molecule has 0 aliphatic rings. The SMILES string of the molecule is CCc1ccccc1NC(=O)c1cc(C)ccc1NN. The zero-order valence-corrected chi connectivity index (χ0v) is 11.7. The molecule has 20 heavy (non-hydrogen) atoms. The van der Waals surface area contributed by atoms with Gasteiger partial charge in [0.25, 0.3) is 5.91 Å². The fourth-order valence-corrected chi connectivity index (χ4v) is 2.11. The van der Waals surface area contributed by atoms with Crippen LogP contribution in [0.3, 0.4) is 0 Å². The van der Waals surface area contributed by atoms with Gasteiger partial charge >= 0.3 is 0 Å². The number of hydrogen-bond donors (Lipinski definition) is 3. The maximum atomic E-state index is 12.4. The van der Waals surface area contributed by atoms with E-state index in [1.54, 1.807) is 6.07 Å². The summed E-state index contributed by atoms with van der Waals surface area (Å²) < 4.78 is 0. The minimum absolute atomic E-state index is 0.164. The summed E-state index contributed by atoms with van der Waals surface area (Å²) in [6.45, 7) is 4.00. The van der Waals surface area contributed by atoms with Gasteiger partial charge in [-0.25, -0.2) is 0 Å². The normalized spacial score (nSPS) is 10.2. The van der Waals surface area contributed by atoms with Gasteiger partial charge in [0.1, 0.15) is 0 Å². The number of benzene rings is 2. The van der Waals surface area contributed by atoms with Crippen LogP contribution in [-0.4, -0.2) is 5.91 Å². The van der Waals surface area contributed by atoms with E-state index >= 15 is 0 Å². The molecule has 4 N–H and O–H groups in total. The van der Waals surface area contributed by atoms with Crippen LogP contribution in [0.5, 0.6) is 0 Å². The van der Waals surface area contributed by atoms with Gasteiger partial charge in [0.05, 0.1) is 11.3 Å². The predicted octanol–water partition coefficient (Wildman–Crippen LogP) is 3.10. The van der Waals surface area contributed by atoms with Gasteiger partial charge in [-0.2, -0.15) is 0 Å². The number of carbonyl (C=O) groups excluding carboxylic acids is 1. The number of nitrogens with two attached hydrogens (primary N) is 1. The Hall–Kier alpha value is -2.33. The highest BCUT2D eigenvalue weighted by molar-refractivity contribution is 6.08. The smallest absolute Gasteiger partial charge is 0.257 e. The second-order valence-corrected chi connectivity index (χ2v) is 4.66.